The van der Waals surface area contributed by atoms with Crippen molar-refractivity contribution in [2.45, 2.75) is 13.3 Å². The van der Waals surface area contributed by atoms with Crippen LogP contribution in [0.4, 0.5) is 5.69 Å². The summed E-state index contributed by atoms with van der Waals surface area (Å²) in [4.78, 5) is 12.4. The van der Waals surface area contributed by atoms with Crippen molar-refractivity contribution in [3.8, 4) is 11.5 Å². The van der Waals surface area contributed by atoms with Gasteiger partial charge in [0.25, 0.3) is 5.91 Å². The van der Waals surface area contributed by atoms with E-state index in [-0.39, 0.29) is 17.2 Å². The molecule has 4 nitrogen and oxygen atoms in total. The zero-order chi connectivity index (χ0) is 18.4. The SMILES string of the molecule is Cc1cccc(C(=O)Nc2cccc(OCCc3ccccc3)c2)c1O. The molecule has 0 saturated heterocycles. The van der Waals surface area contributed by atoms with Crippen LogP contribution in [0.5, 0.6) is 11.5 Å². The van der Waals surface area contributed by atoms with Crippen LogP contribution in [0.15, 0.2) is 72.8 Å². The molecule has 4 heteroatoms. The van der Waals surface area contributed by atoms with Crippen LogP contribution in [-0.2, 0) is 6.42 Å². The maximum Gasteiger partial charge on any atom is 0.259 e. The van der Waals surface area contributed by atoms with Crippen LogP contribution < -0.4 is 10.1 Å². The number of para-hydroxylation sites is 1. The quantitative estimate of drug-likeness (QED) is 0.686. The Kier molecular flexibility index (Phi) is 5.54. The average Bonchev–Trinajstić information content (AvgIpc) is 2.65. The molecule has 0 radical (unpaired) electrons. The van der Waals surface area contributed by atoms with E-state index in [1.54, 1.807) is 37.3 Å². The highest BCUT2D eigenvalue weighted by molar-refractivity contribution is 6.06. The molecule has 0 atom stereocenters. The van der Waals surface area contributed by atoms with Crippen LogP contribution in [0.2, 0.25) is 0 Å². The average molecular weight is 347 g/mol. The lowest BCUT2D eigenvalue weighted by Gasteiger charge is -2.11. The van der Waals surface area contributed by atoms with E-state index >= 15 is 0 Å². The second kappa shape index (κ2) is 8.21. The van der Waals surface area contributed by atoms with Gasteiger partial charge >= 0.3 is 0 Å². The number of aromatic hydroxyl groups is 1. The van der Waals surface area contributed by atoms with Crippen molar-refractivity contribution >= 4 is 11.6 Å². The summed E-state index contributed by atoms with van der Waals surface area (Å²) in [6.07, 6.45) is 0.814. The first-order valence-corrected chi connectivity index (χ1v) is 8.50. The Balaban J connectivity index is 1.62. The van der Waals surface area contributed by atoms with Gasteiger partial charge in [0.05, 0.1) is 12.2 Å². The molecule has 0 heterocycles. The number of ether oxygens (including phenoxy) is 1. The van der Waals surface area contributed by atoms with Gasteiger partial charge in [0.2, 0.25) is 0 Å². The zero-order valence-electron chi connectivity index (χ0n) is 14.6. The molecule has 132 valence electrons. The molecule has 0 bridgehead atoms. The molecule has 0 aliphatic heterocycles. The van der Waals surface area contributed by atoms with Gasteiger partial charge in [-0.3, -0.25) is 4.79 Å². The number of hydrogen-bond donors (Lipinski definition) is 2. The molecule has 3 aromatic rings. The molecule has 0 unspecified atom stereocenters. The summed E-state index contributed by atoms with van der Waals surface area (Å²) in [6.45, 7) is 2.31. The molecule has 0 saturated carbocycles. The molecular weight excluding hydrogens is 326 g/mol. The molecule has 0 spiro atoms. The summed E-state index contributed by atoms with van der Waals surface area (Å²) < 4.78 is 5.78. The van der Waals surface area contributed by atoms with E-state index in [4.69, 9.17) is 4.74 Å². The molecule has 0 fully saturated rings. The van der Waals surface area contributed by atoms with Gasteiger partial charge in [-0.15, -0.1) is 0 Å². The van der Waals surface area contributed by atoms with Gasteiger partial charge in [-0.2, -0.15) is 0 Å². The first kappa shape index (κ1) is 17.5. The van der Waals surface area contributed by atoms with Gasteiger partial charge in [-0.1, -0.05) is 48.5 Å². The molecule has 26 heavy (non-hydrogen) atoms. The molecule has 0 aliphatic carbocycles. The number of carbonyl (C=O) groups is 1. The Bertz CT molecular complexity index is 891. The number of benzene rings is 3. The fourth-order valence-corrected chi connectivity index (χ4v) is 2.64. The Morgan fingerprint density at radius 2 is 1.77 bits per heavy atom. The van der Waals surface area contributed by atoms with Gasteiger partial charge < -0.3 is 15.2 Å². The lowest BCUT2D eigenvalue weighted by molar-refractivity contribution is 0.102. The summed E-state index contributed by atoms with van der Waals surface area (Å²) in [5, 5.41) is 12.8. The maximum absolute atomic E-state index is 12.4. The van der Waals surface area contributed by atoms with Crippen LogP contribution in [0, 0.1) is 6.92 Å². The minimum atomic E-state index is -0.354. The van der Waals surface area contributed by atoms with Crippen molar-refractivity contribution < 1.29 is 14.6 Å². The Hall–Kier alpha value is -3.27. The first-order valence-electron chi connectivity index (χ1n) is 8.50. The number of phenolic OH excluding ortho intramolecular Hbond substituents is 1. The maximum atomic E-state index is 12.4. The van der Waals surface area contributed by atoms with Crippen molar-refractivity contribution in [1.29, 1.82) is 0 Å². The number of carbonyl (C=O) groups excluding carboxylic acids is 1. The van der Waals surface area contributed by atoms with Crippen molar-refractivity contribution in [2.75, 3.05) is 11.9 Å². The van der Waals surface area contributed by atoms with Gasteiger partial charge in [0, 0.05) is 18.2 Å². The minimum absolute atomic E-state index is 0.000246. The van der Waals surface area contributed by atoms with E-state index in [0.717, 1.165) is 6.42 Å². The fourth-order valence-electron chi connectivity index (χ4n) is 2.64. The van der Waals surface area contributed by atoms with Crippen molar-refractivity contribution in [3.63, 3.8) is 0 Å². The van der Waals surface area contributed by atoms with Crippen molar-refractivity contribution in [3.05, 3.63) is 89.5 Å². The highest BCUT2D eigenvalue weighted by atomic mass is 16.5. The molecule has 0 aromatic heterocycles. The predicted octanol–water partition coefficient (Wildman–Crippen LogP) is 4.57. The van der Waals surface area contributed by atoms with E-state index in [0.29, 0.717) is 23.6 Å². The van der Waals surface area contributed by atoms with Gasteiger partial charge in [0.1, 0.15) is 11.5 Å². The van der Waals surface area contributed by atoms with E-state index < -0.39 is 0 Å². The lowest BCUT2D eigenvalue weighted by atomic mass is 10.1. The summed E-state index contributed by atoms with van der Waals surface area (Å²) in [5.74, 6) is 0.333. The lowest BCUT2D eigenvalue weighted by Crippen LogP contribution is -2.12. The normalized spacial score (nSPS) is 10.3. The topological polar surface area (TPSA) is 58.6 Å². The molecule has 2 N–H and O–H groups in total. The summed E-state index contributed by atoms with van der Waals surface area (Å²) in [6, 6.07) is 22.5. The molecule has 0 aliphatic rings. The minimum Gasteiger partial charge on any atom is -0.507 e. The Labute approximate surface area is 153 Å². The van der Waals surface area contributed by atoms with E-state index in [1.165, 1.54) is 5.56 Å². The van der Waals surface area contributed by atoms with E-state index in [2.05, 4.69) is 17.4 Å². The fraction of sp³-hybridized carbons (Fsp3) is 0.136. The number of rotatable bonds is 6. The number of aryl methyl sites for hydroxylation is 1. The molecular formula is C22H21NO3. The number of amides is 1. The second-order valence-electron chi connectivity index (χ2n) is 6.04. The van der Waals surface area contributed by atoms with Crippen LogP contribution >= 0.6 is 0 Å². The zero-order valence-corrected chi connectivity index (χ0v) is 14.6. The third-order valence-electron chi connectivity index (χ3n) is 4.08. The molecule has 3 aromatic carbocycles. The summed E-state index contributed by atoms with van der Waals surface area (Å²) in [7, 11) is 0. The smallest absolute Gasteiger partial charge is 0.259 e. The summed E-state index contributed by atoms with van der Waals surface area (Å²) in [5.41, 5.74) is 2.75. The number of hydrogen-bond acceptors (Lipinski definition) is 3. The van der Waals surface area contributed by atoms with E-state index in [1.807, 2.05) is 30.3 Å². The highest BCUT2D eigenvalue weighted by Gasteiger charge is 2.12. The van der Waals surface area contributed by atoms with Crippen molar-refractivity contribution in [1.82, 2.24) is 0 Å². The van der Waals surface area contributed by atoms with Crippen LogP contribution in [-0.4, -0.2) is 17.6 Å². The molecule has 1 amide bonds. The van der Waals surface area contributed by atoms with Gasteiger partial charge in [-0.25, -0.2) is 0 Å². The van der Waals surface area contributed by atoms with Gasteiger partial charge in [0.15, 0.2) is 0 Å². The predicted molar refractivity (Wildman–Crippen MR) is 103 cm³/mol. The Morgan fingerprint density at radius 1 is 1.00 bits per heavy atom. The van der Waals surface area contributed by atoms with Gasteiger partial charge in [-0.05, 0) is 36.2 Å². The summed E-state index contributed by atoms with van der Waals surface area (Å²) >= 11 is 0. The number of nitrogens with one attached hydrogen (secondary N) is 1. The van der Waals surface area contributed by atoms with Crippen LogP contribution in [0.3, 0.4) is 0 Å². The molecule has 3 rings (SSSR count). The van der Waals surface area contributed by atoms with Crippen molar-refractivity contribution in [2.24, 2.45) is 0 Å². The Morgan fingerprint density at radius 3 is 2.58 bits per heavy atom. The van der Waals surface area contributed by atoms with Crippen LogP contribution in [0.1, 0.15) is 21.5 Å². The first-order chi connectivity index (χ1) is 12.6. The monoisotopic (exact) mass is 347 g/mol. The third-order valence-corrected chi connectivity index (χ3v) is 4.08. The highest BCUT2D eigenvalue weighted by Crippen LogP contribution is 2.24. The number of anilines is 1. The standard InChI is InChI=1S/C22H21NO3/c1-16-7-5-12-20(21(16)24)22(25)23-18-10-6-11-19(15-18)26-14-13-17-8-3-2-4-9-17/h2-12,15,24H,13-14H2,1H3,(H,23,25). The van der Waals surface area contributed by atoms with E-state index in [9.17, 15) is 9.90 Å². The van der Waals surface area contributed by atoms with Crippen LogP contribution in [0.25, 0.3) is 0 Å². The number of phenols is 1. The third kappa shape index (κ3) is 4.42. The largest absolute Gasteiger partial charge is 0.507 e. The second-order valence-corrected chi connectivity index (χ2v) is 6.04.